The first-order chi connectivity index (χ1) is 11.1. The Balaban J connectivity index is 1.97. The van der Waals surface area contributed by atoms with Crippen molar-refractivity contribution in [2.45, 2.75) is 19.2 Å². The first-order valence-corrected chi connectivity index (χ1v) is 8.89. The molecule has 5 nitrogen and oxygen atoms in total. The lowest BCUT2D eigenvalue weighted by Crippen LogP contribution is -2.07. The predicted octanol–water partition coefficient (Wildman–Crippen LogP) is 2.60. The molecule has 0 aliphatic carbocycles. The Hall–Kier alpha value is -1.92. The minimum Gasteiger partial charge on any atom is -0.506 e. The van der Waals surface area contributed by atoms with Gasteiger partial charge in [0.1, 0.15) is 11.4 Å². The molecule has 0 saturated carbocycles. The number of aryl methyl sites for hydroxylation is 1. The Morgan fingerprint density at radius 2 is 2.13 bits per heavy atom. The molecule has 2 rings (SSSR count). The molecule has 0 amide bonds. The van der Waals surface area contributed by atoms with E-state index in [0.29, 0.717) is 30.4 Å². The van der Waals surface area contributed by atoms with E-state index in [2.05, 4.69) is 10.3 Å². The first kappa shape index (κ1) is 17.4. The predicted molar refractivity (Wildman–Crippen MR) is 93.0 cm³/mol. The Morgan fingerprint density at radius 1 is 1.30 bits per heavy atom. The van der Waals surface area contributed by atoms with Gasteiger partial charge in [-0.1, -0.05) is 12.1 Å². The van der Waals surface area contributed by atoms with Crippen molar-refractivity contribution >= 4 is 16.5 Å². The van der Waals surface area contributed by atoms with Crippen LogP contribution in [0.1, 0.15) is 17.0 Å². The second-order valence-corrected chi connectivity index (χ2v) is 6.83. The number of aromatic hydroxyl groups is 1. The molecule has 0 spiro atoms. The summed E-state index contributed by atoms with van der Waals surface area (Å²) < 4.78 is 16.9. The summed E-state index contributed by atoms with van der Waals surface area (Å²) in [6, 6.07) is 11.2. The summed E-state index contributed by atoms with van der Waals surface area (Å²) in [5.74, 6) is 1.22. The lowest BCUT2D eigenvalue weighted by molar-refractivity contribution is 0.218. The quantitative estimate of drug-likeness (QED) is 0.776. The van der Waals surface area contributed by atoms with Crippen molar-refractivity contribution in [3.8, 4) is 5.75 Å². The van der Waals surface area contributed by atoms with Gasteiger partial charge in [-0.25, -0.2) is 0 Å². The summed E-state index contributed by atoms with van der Waals surface area (Å²) in [6.45, 7) is 2.82. The van der Waals surface area contributed by atoms with E-state index < -0.39 is 10.8 Å². The molecule has 124 valence electrons. The third-order valence-corrected chi connectivity index (χ3v) is 4.60. The third kappa shape index (κ3) is 5.65. The van der Waals surface area contributed by atoms with Crippen molar-refractivity contribution in [1.82, 2.24) is 4.98 Å². The van der Waals surface area contributed by atoms with E-state index in [4.69, 9.17) is 4.74 Å². The number of hydrogen-bond donors (Lipinski definition) is 2. The van der Waals surface area contributed by atoms with Gasteiger partial charge in [-0.2, -0.15) is 0 Å². The second kappa shape index (κ2) is 8.64. The number of pyridine rings is 1. The van der Waals surface area contributed by atoms with Gasteiger partial charge < -0.3 is 15.2 Å². The molecule has 1 heterocycles. The zero-order chi connectivity index (χ0) is 16.7. The lowest BCUT2D eigenvalue weighted by atomic mass is 10.2. The number of hydrogen-bond acceptors (Lipinski definition) is 5. The maximum atomic E-state index is 11.9. The van der Waals surface area contributed by atoms with Crippen molar-refractivity contribution in [3.05, 3.63) is 53.3 Å². The van der Waals surface area contributed by atoms with E-state index in [0.717, 1.165) is 16.9 Å². The van der Waals surface area contributed by atoms with Crippen molar-refractivity contribution in [2.75, 3.05) is 24.8 Å². The molecule has 2 aromatic rings. The topological polar surface area (TPSA) is 71.5 Å². The van der Waals surface area contributed by atoms with Crippen molar-refractivity contribution in [2.24, 2.45) is 0 Å². The minimum absolute atomic E-state index is 0.180. The summed E-state index contributed by atoms with van der Waals surface area (Å²) in [6.07, 6.45) is 0. The minimum atomic E-state index is -0.931. The van der Waals surface area contributed by atoms with Crippen LogP contribution >= 0.6 is 0 Å². The Labute approximate surface area is 139 Å². The number of aromatic nitrogens is 1. The monoisotopic (exact) mass is 334 g/mol. The number of benzene rings is 1. The molecular formula is C17H22N2O3S. The largest absolute Gasteiger partial charge is 0.506 e. The van der Waals surface area contributed by atoms with Crippen LogP contribution in [0.5, 0.6) is 5.75 Å². The number of rotatable bonds is 8. The molecule has 0 saturated heterocycles. The number of nitrogens with zero attached hydrogens (tertiary/aromatic N) is 1. The molecule has 0 radical (unpaired) electrons. The molecule has 0 aliphatic heterocycles. The first-order valence-electron chi connectivity index (χ1n) is 7.40. The highest BCUT2D eigenvalue weighted by molar-refractivity contribution is 7.84. The van der Waals surface area contributed by atoms with Crippen molar-refractivity contribution in [1.29, 1.82) is 0 Å². The molecule has 2 N–H and O–H groups in total. The molecule has 0 aliphatic rings. The molecule has 0 bridgehead atoms. The van der Waals surface area contributed by atoms with E-state index in [1.54, 1.807) is 19.2 Å². The van der Waals surface area contributed by atoms with E-state index in [9.17, 15) is 9.32 Å². The summed E-state index contributed by atoms with van der Waals surface area (Å²) in [5.41, 5.74) is 3.39. The fourth-order valence-corrected chi connectivity index (χ4v) is 3.17. The fraction of sp³-hybridized carbons (Fsp3) is 0.353. The van der Waals surface area contributed by atoms with Crippen LogP contribution in [0.25, 0.3) is 0 Å². The van der Waals surface area contributed by atoms with E-state index in [1.807, 2.05) is 31.2 Å². The highest BCUT2D eigenvalue weighted by atomic mass is 32.2. The molecule has 0 unspecified atom stereocenters. The third-order valence-electron chi connectivity index (χ3n) is 3.32. The standard InChI is InChI=1S/C17H22N2O3S/c1-13-6-7-17(20)16(19-13)11-18-15-5-3-4-14(10-15)12-23(21)9-8-22-2/h3-7,10,18,20H,8-9,11-12H2,1-2H3/t23-/m1/s1. The number of nitrogens with one attached hydrogen (secondary N) is 1. The molecule has 23 heavy (non-hydrogen) atoms. The van der Waals surface area contributed by atoms with Crippen LogP contribution in [0.4, 0.5) is 5.69 Å². The average molecular weight is 334 g/mol. The van der Waals surface area contributed by atoms with Gasteiger partial charge in [0.25, 0.3) is 0 Å². The van der Waals surface area contributed by atoms with Gasteiger partial charge in [0.2, 0.25) is 0 Å². The van der Waals surface area contributed by atoms with Gasteiger partial charge in [0.05, 0.1) is 13.2 Å². The molecule has 0 fully saturated rings. The van der Waals surface area contributed by atoms with Crippen molar-refractivity contribution in [3.63, 3.8) is 0 Å². The Morgan fingerprint density at radius 3 is 2.91 bits per heavy atom. The molecule has 6 heteroatoms. The number of methoxy groups -OCH3 is 1. The summed E-state index contributed by atoms with van der Waals surface area (Å²) in [7, 11) is 0.677. The van der Waals surface area contributed by atoms with Crippen LogP contribution < -0.4 is 5.32 Å². The normalized spacial score (nSPS) is 12.1. The van der Waals surface area contributed by atoms with Crippen molar-refractivity contribution < 1.29 is 14.1 Å². The zero-order valence-corrected chi connectivity index (χ0v) is 14.2. The van der Waals surface area contributed by atoms with Crippen LogP contribution in [0.2, 0.25) is 0 Å². The fourth-order valence-electron chi connectivity index (χ4n) is 2.12. The van der Waals surface area contributed by atoms with Gasteiger partial charge in [0.15, 0.2) is 0 Å². The lowest BCUT2D eigenvalue weighted by Gasteiger charge is -2.10. The zero-order valence-electron chi connectivity index (χ0n) is 13.4. The summed E-state index contributed by atoms with van der Waals surface area (Å²) in [4.78, 5) is 4.32. The smallest absolute Gasteiger partial charge is 0.138 e. The van der Waals surface area contributed by atoms with Crippen LogP contribution in [-0.4, -0.2) is 33.8 Å². The Kier molecular flexibility index (Phi) is 6.55. The van der Waals surface area contributed by atoms with Gasteiger partial charge >= 0.3 is 0 Å². The van der Waals surface area contributed by atoms with Gasteiger partial charge in [-0.05, 0) is 36.8 Å². The molecule has 1 atom stereocenters. The maximum Gasteiger partial charge on any atom is 0.138 e. The van der Waals surface area contributed by atoms with Gasteiger partial charge in [-0.15, -0.1) is 0 Å². The van der Waals surface area contributed by atoms with Crippen LogP contribution in [0.3, 0.4) is 0 Å². The molecule has 1 aromatic heterocycles. The molecular weight excluding hydrogens is 312 g/mol. The van der Waals surface area contributed by atoms with Crippen LogP contribution in [0.15, 0.2) is 36.4 Å². The van der Waals surface area contributed by atoms with Gasteiger partial charge in [-0.3, -0.25) is 9.19 Å². The highest BCUT2D eigenvalue weighted by Crippen LogP contribution is 2.18. The Bertz CT molecular complexity index is 677. The molecule has 1 aromatic carbocycles. The van der Waals surface area contributed by atoms with Crippen LogP contribution in [0, 0.1) is 6.92 Å². The summed E-state index contributed by atoms with van der Waals surface area (Å²) in [5, 5.41) is 13.1. The SMILES string of the molecule is COCC[S@@](=O)Cc1cccc(NCc2nc(C)ccc2O)c1. The average Bonchev–Trinajstić information content (AvgIpc) is 2.54. The second-order valence-electron chi connectivity index (χ2n) is 5.25. The highest BCUT2D eigenvalue weighted by Gasteiger charge is 2.05. The van der Waals surface area contributed by atoms with E-state index >= 15 is 0 Å². The van der Waals surface area contributed by atoms with E-state index in [1.165, 1.54) is 0 Å². The number of anilines is 1. The maximum absolute atomic E-state index is 11.9. The van der Waals surface area contributed by atoms with E-state index in [-0.39, 0.29) is 5.75 Å². The van der Waals surface area contributed by atoms with Gasteiger partial charge in [0, 0.05) is 40.8 Å². The number of ether oxygens (including phenoxy) is 1. The summed E-state index contributed by atoms with van der Waals surface area (Å²) >= 11 is 0. The van der Waals surface area contributed by atoms with Crippen LogP contribution in [-0.2, 0) is 27.8 Å².